The topological polar surface area (TPSA) is 38.5 Å². The van der Waals surface area contributed by atoms with Crippen molar-refractivity contribution in [2.24, 2.45) is 11.7 Å². The van der Waals surface area contributed by atoms with Gasteiger partial charge in [-0.3, -0.25) is 4.90 Å². The molecule has 0 aromatic heterocycles. The lowest BCUT2D eigenvalue weighted by Crippen LogP contribution is -2.41. The van der Waals surface area contributed by atoms with Gasteiger partial charge in [-0.15, -0.1) is 0 Å². The van der Waals surface area contributed by atoms with Crippen LogP contribution in [0, 0.1) is 19.8 Å². The van der Waals surface area contributed by atoms with Gasteiger partial charge in [-0.1, -0.05) is 19.9 Å². The zero-order valence-corrected chi connectivity index (χ0v) is 13.2. The minimum atomic E-state index is 0.418. The van der Waals surface area contributed by atoms with Gasteiger partial charge in [0.15, 0.2) is 0 Å². The molecule has 2 N–H and O–H groups in total. The molecule has 0 heterocycles. The largest absolute Gasteiger partial charge is 0.496 e. The Morgan fingerprint density at radius 2 is 1.84 bits per heavy atom. The number of methoxy groups -OCH3 is 1. The van der Waals surface area contributed by atoms with Gasteiger partial charge >= 0.3 is 0 Å². The summed E-state index contributed by atoms with van der Waals surface area (Å²) in [7, 11) is 3.87. The van der Waals surface area contributed by atoms with Crippen LogP contribution < -0.4 is 10.5 Å². The second kappa shape index (κ2) is 6.92. The van der Waals surface area contributed by atoms with Gasteiger partial charge in [0.2, 0.25) is 0 Å². The predicted octanol–water partition coefficient (Wildman–Crippen LogP) is 2.73. The molecule has 0 saturated carbocycles. The Hall–Kier alpha value is -1.06. The Kier molecular flexibility index (Phi) is 5.83. The second-order valence-corrected chi connectivity index (χ2v) is 5.71. The van der Waals surface area contributed by atoms with E-state index < -0.39 is 0 Å². The Balaban J connectivity index is 2.90. The molecule has 0 aliphatic rings. The molecule has 0 radical (unpaired) electrons. The number of nitrogens with two attached hydrogens (primary N) is 1. The highest BCUT2D eigenvalue weighted by molar-refractivity contribution is 5.41. The molecular weight excluding hydrogens is 236 g/mol. The summed E-state index contributed by atoms with van der Waals surface area (Å²) in [6.45, 7) is 10.3. The van der Waals surface area contributed by atoms with Crippen molar-refractivity contribution in [3.63, 3.8) is 0 Å². The molecule has 0 amide bonds. The van der Waals surface area contributed by atoms with Crippen LogP contribution in [0.1, 0.15) is 30.5 Å². The summed E-state index contributed by atoms with van der Waals surface area (Å²) < 4.78 is 5.36. The summed E-state index contributed by atoms with van der Waals surface area (Å²) in [4.78, 5) is 2.35. The zero-order chi connectivity index (χ0) is 14.6. The number of likely N-dealkylation sites (N-methyl/N-ethyl adjacent to an activating group) is 1. The van der Waals surface area contributed by atoms with Crippen LogP contribution >= 0.6 is 0 Å². The summed E-state index contributed by atoms with van der Waals surface area (Å²) in [5.41, 5.74) is 9.68. The standard InChI is InChI=1S/C16H28N2O/c1-11(2)15(9-17)18(5)10-14-7-13(4)16(19-6)8-12(14)3/h7-8,11,15H,9-10,17H2,1-6H3. The highest BCUT2D eigenvalue weighted by atomic mass is 16.5. The first-order chi connectivity index (χ1) is 8.90. The van der Waals surface area contributed by atoms with Crippen molar-refractivity contribution in [2.75, 3.05) is 20.7 Å². The molecule has 0 bridgehead atoms. The van der Waals surface area contributed by atoms with E-state index in [1.54, 1.807) is 7.11 Å². The lowest BCUT2D eigenvalue weighted by Gasteiger charge is -2.30. The van der Waals surface area contributed by atoms with Gasteiger partial charge in [-0.2, -0.15) is 0 Å². The van der Waals surface area contributed by atoms with Gasteiger partial charge in [-0.25, -0.2) is 0 Å². The molecule has 1 aromatic rings. The molecule has 19 heavy (non-hydrogen) atoms. The van der Waals surface area contributed by atoms with E-state index in [0.717, 1.165) is 12.3 Å². The zero-order valence-electron chi connectivity index (χ0n) is 13.2. The summed E-state index contributed by atoms with van der Waals surface area (Å²) >= 11 is 0. The second-order valence-electron chi connectivity index (χ2n) is 5.71. The number of aryl methyl sites for hydroxylation is 2. The van der Waals surface area contributed by atoms with Crippen molar-refractivity contribution >= 4 is 0 Å². The van der Waals surface area contributed by atoms with E-state index in [4.69, 9.17) is 10.5 Å². The quantitative estimate of drug-likeness (QED) is 0.858. The van der Waals surface area contributed by atoms with Crippen molar-refractivity contribution in [1.29, 1.82) is 0 Å². The molecule has 1 aromatic carbocycles. The summed E-state index contributed by atoms with van der Waals surface area (Å²) in [6, 6.07) is 4.76. The molecule has 0 fully saturated rings. The smallest absolute Gasteiger partial charge is 0.122 e. The Bertz CT molecular complexity index is 415. The number of hydrogen-bond acceptors (Lipinski definition) is 3. The van der Waals surface area contributed by atoms with Crippen LogP contribution in [0.5, 0.6) is 5.75 Å². The summed E-state index contributed by atoms with van der Waals surface area (Å²) in [5, 5.41) is 0. The lowest BCUT2D eigenvalue weighted by atomic mass is 10.00. The predicted molar refractivity (Wildman–Crippen MR) is 81.6 cm³/mol. The highest BCUT2D eigenvalue weighted by Gasteiger charge is 2.18. The molecule has 0 saturated heterocycles. The van der Waals surface area contributed by atoms with Crippen LogP contribution in [-0.4, -0.2) is 31.6 Å². The fourth-order valence-corrected chi connectivity index (χ4v) is 2.59. The molecule has 0 aliphatic heterocycles. The van der Waals surface area contributed by atoms with Crippen molar-refractivity contribution in [3.8, 4) is 5.75 Å². The summed E-state index contributed by atoms with van der Waals surface area (Å²) in [6.07, 6.45) is 0. The van der Waals surface area contributed by atoms with Gasteiger partial charge in [0, 0.05) is 19.1 Å². The van der Waals surface area contributed by atoms with E-state index >= 15 is 0 Å². The van der Waals surface area contributed by atoms with Crippen LogP contribution in [0.3, 0.4) is 0 Å². The fourth-order valence-electron chi connectivity index (χ4n) is 2.59. The molecule has 1 unspecified atom stereocenters. The van der Waals surface area contributed by atoms with Crippen LogP contribution in [-0.2, 0) is 6.54 Å². The number of rotatable bonds is 6. The third-order valence-corrected chi connectivity index (χ3v) is 3.85. The maximum atomic E-state index is 5.88. The lowest BCUT2D eigenvalue weighted by molar-refractivity contribution is 0.189. The van der Waals surface area contributed by atoms with Crippen molar-refractivity contribution in [3.05, 3.63) is 28.8 Å². The molecule has 0 spiro atoms. The monoisotopic (exact) mass is 264 g/mol. The van der Waals surface area contributed by atoms with Gasteiger partial charge in [0.25, 0.3) is 0 Å². The number of ether oxygens (including phenoxy) is 1. The van der Waals surface area contributed by atoms with Gasteiger partial charge in [0.05, 0.1) is 7.11 Å². The molecule has 108 valence electrons. The first-order valence-electron chi connectivity index (χ1n) is 6.95. The third-order valence-electron chi connectivity index (χ3n) is 3.85. The number of benzene rings is 1. The molecule has 3 heteroatoms. The Morgan fingerprint density at radius 1 is 1.21 bits per heavy atom. The molecule has 1 rings (SSSR count). The van der Waals surface area contributed by atoms with Crippen molar-refractivity contribution in [1.82, 2.24) is 4.90 Å². The maximum Gasteiger partial charge on any atom is 0.122 e. The number of hydrogen-bond donors (Lipinski definition) is 1. The van der Waals surface area contributed by atoms with E-state index in [-0.39, 0.29) is 0 Å². The van der Waals surface area contributed by atoms with Gasteiger partial charge in [-0.05, 0) is 49.6 Å². The van der Waals surface area contributed by atoms with Crippen LogP contribution in [0.15, 0.2) is 12.1 Å². The molecule has 1 atom stereocenters. The Morgan fingerprint density at radius 3 is 2.32 bits per heavy atom. The Labute approximate surface area is 117 Å². The molecule has 3 nitrogen and oxygen atoms in total. The molecular formula is C16H28N2O. The average Bonchev–Trinajstić information content (AvgIpc) is 2.33. The van der Waals surface area contributed by atoms with E-state index in [9.17, 15) is 0 Å². The number of nitrogens with zero attached hydrogens (tertiary/aromatic N) is 1. The van der Waals surface area contributed by atoms with Crippen LogP contribution in [0.2, 0.25) is 0 Å². The van der Waals surface area contributed by atoms with Gasteiger partial charge < -0.3 is 10.5 Å². The van der Waals surface area contributed by atoms with Crippen LogP contribution in [0.4, 0.5) is 0 Å². The van der Waals surface area contributed by atoms with E-state index in [1.165, 1.54) is 16.7 Å². The van der Waals surface area contributed by atoms with Crippen molar-refractivity contribution < 1.29 is 4.74 Å². The van der Waals surface area contributed by atoms with E-state index in [2.05, 4.69) is 51.8 Å². The van der Waals surface area contributed by atoms with Gasteiger partial charge in [0.1, 0.15) is 5.75 Å². The fraction of sp³-hybridized carbons (Fsp3) is 0.625. The maximum absolute atomic E-state index is 5.88. The van der Waals surface area contributed by atoms with E-state index in [0.29, 0.717) is 18.5 Å². The minimum absolute atomic E-state index is 0.418. The molecule has 0 aliphatic carbocycles. The first kappa shape index (κ1) is 16.0. The summed E-state index contributed by atoms with van der Waals surface area (Å²) in [5.74, 6) is 1.53. The van der Waals surface area contributed by atoms with Crippen LogP contribution in [0.25, 0.3) is 0 Å². The SMILES string of the molecule is COc1cc(C)c(CN(C)C(CN)C(C)C)cc1C. The van der Waals surface area contributed by atoms with E-state index in [1.807, 2.05) is 0 Å². The normalized spacial score (nSPS) is 13.1. The highest BCUT2D eigenvalue weighted by Crippen LogP contribution is 2.24. The van der Waals surface area contributed by atoms with Crippen molar-refractivity contribution in [2.45, 2.75) is 40.3 Å². The first-order valence-corrected chi connectivity index (χ1v) is 6.95. The third kappa shape index (κ3) is 3.95. The minimum Gasteiger partial charge on any atom is -0.496 e. The average molecular weight is 264 g/mol.